The molecule has 0 unspecified atom stereocenters. The molecule has 4 aromatic rings. The van der Waals surface area contributed by atoms with Crippen molar-refractivity contribution >= 4 is 50.7 Å². The normalized spacial score (nSPS) is 12.6. The Labute approximate surface area is 293 Å². The zero-order valence-electron chi connectivity index (χ0n) is 27.7. The second-order valence-corrected chi connectivity index (χ2v) is 14.5. The third-order valence-corrected chi connectivity index (χ3v) is 10.6. The topological polar surface area (TPSA) is 96.0 Å². The minimum Gasteiger partial charge on any atom is -0.495 e. The summed E-state index contributed by atoms with van der Waals surface area (Å²) in [5.41, 5.74) is 3.30. The number of methoxy groups -OCH3 is 1. The predicted octanol–water partition coefficient (Wildman–Crippen LogP) is 7.37. The number of aryl methyl sites for hydroxylation is 2. The molecule has 48 heavy (non-hydrogen) atoms. The van der Waals surface area contributed by atoms with Gasteiger partial charge in [-0.15, -0.1) is 0 Å². The number of amides is 2. The lowest BCUT2D eigenvalue weighted by Gasteiger charge is -2.34. The molecule has 8 nitrogen and oxygen atoms in total. The van der Waals surface area contributed by atoms with Crippen LogP contribution in [0.25, 0.3) is 0 Å². The van der Waals surface area contributed by atoms with Gasteiger partial charge in [0.05, 0.1) is 27.7 Å². The first-order chi connectivity index (χ1) is 22.8. The maximum Gasteiger partial charge on any atom is 0.264 e. The van der Waals surface area contributed by atoms with E-state index in [-0.39, 0.29) is 41.2 Å². The van der Waals surface area contributed by atoms with E-state index < -0.39 is 28.5 Å². The molecule has 0 spiro atoms. The summed E-state index contributed by atoms with van der Waals surface area (Å²) < 4.78 is 35.4. The molecule has 254 valence electrons. The molecule has 4 aromatic carbocycles. The predicted molar refractivity (Wildman–Crippen MR) is 192 cm³/mol. The average Bonchev–Trinajstić information content (AvgIpc) is 3.07. The van der Waals surface area contributed by atoms with Gasteiger partial charge in [0.25, 0.3) is 10.0 Å². The summed E-state index contributed by atoms with van der Waals surface area (Å²) in [7, 11) is -2.85. The molecule has 0 saturated heterocycles. The van der Waals surface area contributed by atoms with Crippen LogP contribution in [0, 0.1) is 13.8 Å². The largest absolute Gasteiger partial charge is 0.495 e. The highest BCUT2D eigenvalue weighted by molar-refractivity contribution is 7.92. The van der Waals surface area contributed by atoms with Gasteiger partial charge in [-0.25, -0.2) is 8.42 Å². The van der Waals surface area contributed by atoms with Crippen molar-refractivity contribution in [3.63, 3.8) is 0 Å². The van der Waals surface area contributed by atoms with E-state index in [0.29, 0.717) is 22.0 Å². The summed E-state index contributed by atoms with van der Waals surface area (Å²) in [5.74, 6) is -0.682. The van der Waals surface area contributed by atoms with Crippen molar-refractivity contribution in [1.29, 1.82) is 0 Å². The van der Waals surface area contributed by atoms with E-state index in [2.05, 4.69) is 5.32 Å². The number of benzene rings is 4. The van der Waals surface area contributed by atoms with Crippen molar-refractivity contribution in [2.24, 2.45) is 0 Å². The number of carbonyl (C=O) groups is 2. The maximum absolute atomic E-state index is 14.7. The summed E-state index contributed by atoms with van der Waals surface area (Å²) in [5, 5.41) is 3.66. The van der Waals surface area contributed by atoms with Gasteiger partial charge in [0.2, 0.25) is 11.8 Å². The van der Waals surface area contributed by atoms with Gasteiger partial charge in [-0.1, -0.05) is 90.3 Å². The molecule has 4 rings (SSSR count). The van der Waals surface area contributed by atoms with E-state index in [4.69, 9.17) is 27.9 Å². The number of ether oxygens (including phenoxy) is 1. The summed E-state index contributed by atoms with van der Waals surface area (Å²) in [6.07, 6.45) is 0.870. The van der Waals surface area contributed by atoms with Crippen LogP contribution >= 0.6 is 23.2 Å². The Hall–Kier alpha value is -4.05. The van der Waals surface area contributed by atoms with E-state index in [0.717, 1.165) is 21.0 Å². The summed E-state index contributed by atoms with van der Waals surface area (Å²) >= 11 is 12.6. The Morgan fingerprint density at radius 1 is 0.854 bits per heavy atom. The standard InChI is InChI=1S/C37H41Cl2N3O5S/c1-6-27(4)40-37(44)34(22-28-10-8-7-9-11-28)41(23-29-15-18-31(38)32(39)21-29)36(43)24-42(33-20-26(3)14-19-35(33)47-5)48(45,46)30-16-12-25(2)13-17-30/h7-21,27,34H,6,22-24H2,1-5H3,(H,40,44)/t27-,34+/m1/s1. The van der Waals surface area contributed by atoms with Gasteiger partial charge in [-0.3, -0.25) is 13.9 Å². The van der Waals surface area contributed by atoms with Crippen LogP contribution in [0.15, 0.2) is 95.9 Å². The second-order valence-electron chi connectivity index (χ2n) is 11.8. The Balaban J connectivity index is 1.87. The number of nitrogens with one attached hydrogen (secondary N) is 1. The van der Waals surface area contributed by atoms with E-state index in [1.54, 1.807) is 48.5 Å². The quantitative estimate of drug-likeness (QED) is 0.148. The fraction of sp³-hybridized carbons (Fsp3) is 0.297. The van der Waals surface area contributed by atoms with Crippen LogP contribution in [0.1, 0.15) is 42.5 Å². The summed E-state index contributed by atoms with van der Waals surface area (Å²) in [6, 6.07) is 24.8. The molecule has 0 saturated carbocycles. The van der Waals surface area contributed by atoms with Gasteiger partial charge < -0.3 is 15.0 Å². The summed E-state index contributed by atoms with van der Waals surface area (Å²) in [6.45, 7) is 6.89. The van der Waals surface area contributed by atoms with Crippen LogP contribution in [-0.2, 0) is 32.6 Å². The van der Waals surface area contributed by atoms with Gasteiger partial charge in [0.1, 0.15) is 18.3 Å². The SMILES string of the molecule is CC[C@@H](C)NC(=O)[C@H](Cc1ccccc1)N(Cc1ccc(Cl)c(Cl)c1)C(=O)CN(c1cc(C)ccc1OC)S(=O)(=O)c1ccc(C)cc1. The molecule has 0 radical (unpaired) electrons. The highest BCUT2D eigenvalue weighted by Gasteiger charge is 2.36. The van der Waals surface area contributed by atoms with Crippen LogP contribution in [0.5, 0.6) is 5.75 Å². The molecule has 0 heterocycles. The molecule has 2 atom stereocenters. The number of anilines is 1. The zero-order valence-corrected chi connectivity index (χ0v) is 30.1. The van der Waals surface area contributed by atoms with E-state index in [1.807, 2.05) is 58.0 Å². The van der Waals surface area contributed by atoms with E-state index >= 15 is 0 Å². The van der Waals surface area contributed by atoms with Crippen LogP contribution in [0.2, 0.25) is 10.0 Å². The molecule has 0 fully saturated rings. The second kappa shape index (κ2) is 16.4. The van der Waals surface area contributed by atoms with Crippen LogP contribution in [0.4, 0.5) is 5.69 Å². The first kappa shape index (κ1) is 36.8. The fourth-order valence-electron chi connectivity index (χ4n) is 5.18. The Kier molecular flexibility index (Phi) is 12.5. The number of rotatable bonds is 14. The molecule has 0 aliphatic rings. The van der Waals surface area contributed by atoms with Crippen molar-refractivity contribution in [1.82, 2.24) is 10.2 Å². The van der Waals surface area contributed by atoms with Crippen LogP contribution in [0.3, 0.4) is 0 Å². The van der Waals surface area contributed by atoms with E-state index in [9.17, 15) is 18.0 Å². The van der Waals surface area contributed by atoms with Crippen LogP contribution in [-0.4, -0.2) is 50.9 Å². The molecule has 0 aromatic heterocycles. The lowest BCUT2D eigenvalue weighted by molar-refractivity contribution is -0.140. The monoisotopic (exact) mass is 709 g/mol. The Bertz CT molecular complexity index is 1840. The average molecular weight is 711 g/mol. The van der Waals surface area contributed by atoms with Crippen molar-refractivity contribution < 1.29 is 22.7 Å². The van der Waals surface area contributed by atoms with Crippen molar-refractivity contribution in [2.45, 2.75) is 64.1 Å². The Morgan fingerprint density at radius 2 is 1.52 bits per heavy atom. The van der Waals surface area contributed by atoms with Gasteiger partial charge in [0.15, 0.2) is 0 Å². The third kappa shape index (κ3) is 9.09. The van der Waals surface area contributed by atoms with Gasteiger partial charge in [0, 0.05) is 19.0 Å². The van der Waals surface area contributed by atoms with Gasteiger partial charge in [-0.2, -0.15) is 0 Å². The number of nitrogens with zero attached hydrogens (tertiary/aromatic N) is 2. The molecule has 11 heteroatoms. The van der Waals surface area contributed by atoms with Crippen LogP contribution < -0.4 is 14.4 Å². The number of hydrogen-bond acceptors (Lipinski definition) is 5. The van der Waals surface area contributed by atoms with Crippen molar-refractivity contribution in [3.05, 3.63) is 123 Å². The number of sulfonamides is 1. The lowest BCUT2D eigenvalue weighted by atomic mass is 10.0. The van der Waals surface area contributed by atoms with E-state index in [1.165, 1.54) is 24.1 Å². The van der Waals surface area contributed by atoms with Crippen molar-refractivity contribution in [2.75, 3.05) is 18.0 Å². The molecular weight excluding hydrogens is 669 g/mol. The Morgan fingerprint density at radius 3 is 2.15 bits per heavy atom. The molecule has 1 N–H and O–H groups in total. The highest BCUT2D eigenvalue weighted by atomic mass is 35.5. The highest BCUT2D eigenvalue weighted by Crippen LogP contribution is 2.34. The molecule has 0 aliphatic heterocycles. The third-order valence-electron chi connectivity index (χ3n) is 8.10. The fourth-order valence-corrected chi connectivity index (χ4v) is 6.91. The van der Waals surface area contributed by atoms with Crippen molar-refractivity contribution in [3.8, 4) is 5.75 Å². The summed E-state index contributed by atoms with van der Waals surface area (Å²) in [4.78, 5) is 30.2. The molecular formula is C37H41Cl2N3O5S. The number of hydrogen-bond donors (Lipinski definition) is 1. The first-order valence-electron chi connectivity index (χ1n) is 15.7. The first-order valence-corrected chi connectivity index (χ1v) is 17.8. The maximum atomic E-state index is 14.7. The zero-order chi connectivity index (χ0) is 35.0. The minimum atomic E-state index is -4.30. The smallest absolute Gasteiger partial charge is 0.264 e. The molecule has 0 bridgehead atoms. The molecule has 2 amide bonds. The minimum absolute atomic E-state index is 0.0100. The van der Waals surface area contributed by atoms with Gasteiger partial charge in [-0.05, 0) is 80.3 Å². The lowest BCUT2D eigenvalue weighted by Crippen LogP contribution is -2.54. The van der Waals surface area contributed by atoms with Gasteiger partial charge >= 0.3 is 0 Å². The number of carbonyl (C=O) groups excluding carboxylic acids is 2. The molecule has 0 aliphatic carbocycles. The number of halogens is 2.